The molecule has 3 rings (SSSR count). The van der Waals surface area contributed by atoms with Crippen LogP contribution < -0.4 is 9.64 Å². The van der Waals surface area contributed by atoms with Crippen molar-refractivity contribution < 1.29 is 4.74 Å². The summed E-state index contributed by atoms with van der Waals surface area (Å²) in [6, 6.07) is 16.5. The van der Waals surface area contributed by atoms with E-state index in [1.165, 1.54) is 11.3 Å². The third kappa shape index (κ3) is 2.67. The molecular weight excluding hydrogens is 286 g/mol. The number of anilines is 1. The number of rotatable bonds is 2. The predicted molar refractivity (Wildman–Crippen MR) is 88.9 cm³/mol. The molecule has 1 aliphatic rings. The number of hydrogen-bond donors (Lipinski definition) is 0. The van der Waals surface area contributed by atoms with Crippen LogP contribution in [0, 0.1) is 0 Å². The molecule has 0 N–H and O–H groups in total. The van der Waals surface area contributed by atoms with Gasteiger partial charge in [-0.2, -0.15) is 0 Å². The van der Waals surface area contributed by atoms with Crippen LogP contribution in [0.4, 0.5) is 5.69 Å². The third-order valence-corrected chi connectivity index (χ3v) is 4.71. The molecular formula is C16H15NOS2. The Morgan fingerprint density at radius 1 is 1.20 bits per heavy atom. The van der Waals surface area contributed by atoms with Gasteiger partial charge < -0.3 is 9.64 Å². The van der Waals surface area contributed by atoms with E-state index in [1.807, 2.05) is 18.2 Å². The number of thioether (sulfide) groups is 1. The fraction of sp³-hybridized carbons (Fsp3) is 0.188. The zero-order valence-electron chi connectivity index (χ0n) is 11.2. The van der Waals surface area contributed by atoms with Crippen LogP contribution in [-0.2, 0) is 6.42 Å². The molecule has 2 aromatic carbocycles. The largest absolute Gasteiger partial charge is 0.497 e. The van der Waals surface area contributed by atoms with Gasteiger partial charge in [-0.15, -0.1) is 0 Å². The lowest BCUT2D eigenvalue weighted by atomic mass is 10.2. The topological polar surface area (TPSA) is 12.5 Å². The molecule has 0 unspecified atom stereocenters. The Morgan fingerprint density at radius 3 is 2.90 bits per heavy atom. The van der Waals surface area contributed by atoms with E-state index in [0.717, 1.165) is 27.9 Å². The minimum absolute atomic E-state index is 0.861. The van der Waals surface area contributed by atoms with Crippen LogP contribution in [0.15, 0.2) is 53.4 Å². The zero-order valence-corrected chi connectivity index (χ0v) is 12.8. The van der Waals surface area contributed by atoms with Crippen LogP contribution >= 0.6 is 24.0 Å². The summed E-state index contributed by atoms with van der Waals surface area (Å²) in [4.78, 5) is 3.33. The van der Waals surface area contributed by atoms with Crippen molar-refractivity contribution in [3.8, 4) is 5.75 Å². The lowest BCUT2D eigenvalue weighted by molar-refractivity contribution is 0.413. The minimum Gasteiger partial charge on any atom is -0.497 e. The van der Waals surface area contributed by atoms with Gasteiger partial charge in [-0.1, -0.05) is 48.2 Å². The lowest BCUT2D eigenvalue weighted by Gasteiger charge is -2.19. The van der Waals surface area contributed by atoms with E-state index in [2.05, 4.69) is 35.2 Å². The van der Waals surface area contributed by atoms with Crippen LogP contribution in [0.25, 0.3) is 0 Å². The Bertz CT molecular complexity index is 642. The van der Waals surface area contributed by atoms with Crippen LogP contribution in [0.2, 0.25) is 0 Å². The molecule has 1 aliphatic heterocycles. The molecule has 0 amide bonds. The van der Waals surface area contributed by atoms with Gasteiger partial charge in [0.05, 0.1) is 7.11 Å². The molecule has 0 atom stereocenters. The van der Waals surface area contributed by atoms with Crippen molar-refractivity contribution in [1.29, 1.82) is 0 Å². The number of methoxy groups -OCH3 is 1. The second-order valence-electron chi connectivity index (χ2n) is 4.58. The summed E-state index contributed by atoms with van der Waals surface area (Å²) in [7, 11) is 1.68. The van der Waals surface area contributed by atoms with E-state index in [1.54, 1.807) is 18.9 Å². The van der Waals surface area contributed by atoms with Gasteiger partial charge in [-0.05, 0) is 36.2 Å². The standard InChI is InChI=1S/C16H15NOS2/c1-18-13-6-4-7-14(11-13)20-16(19)17-10-9-12-5-2-3-8-15(12)17/h2-8,11H,9-10H2,1H3. The first-order chi connectivity index (χ1) is 9.78. The van der Waals surface area contributed by atoms with Crippen molar-refractivity contribution in [3.05, 3.63) is 54.1 Å². The molecule has 1 heterocycles. The van der Waals surface area contributed by atoms with E-state index < -0.39 is 0 Å². The van der Waals surface area contributed by atoms with Crippen LogP contribution in [0.5, 0.6) is 5.75 Å². The molecule has 0 spiro atoms. The van der Waals surface area contributed by atoms with Crippen molar-refractivity contribution in [2.24, 2.45) is 0 Å². The van der Waals surface area contributed by atoms with Crippen molar-refractivity contribution in [2.75, 3.05) is 18.6 Å². The summed E-state index contributed by atoms with van der Waals surface area (Å²) in [6.45, 7) is 0.967. The Balaban J connectivity index is 1.77. The molecule has 2 nitrogen and oxygen atoms in total. The highest BCUT2D eigenvalue weighted by Gasteiger charge is 2.22. The summed E-state index contributed by atoms with van der Waals surface area (Å²) in [5.74, 6) is 0.861. The Kier molecular flexibility index (Phi) is 3.94. The predicted octanol–water partition coefficient (Wildman–Crippen LogP) is 4.13. The molecule has 20 heavy (non-hydrogen) atoms. The van der Waals surface area contributed by atoms with Crippen LogP contribution in [0.1, 0.15) is 5.56 Å². The van der Waals surface area contributed by atoms with E-state index >= 15 is 0 Å². The van der Waals surface area contributed by atoms with Crippen molar-refractivity contribution in [1.82, 2.24) is 0 Å². The maximum atomic E-state index is 5.60. The highest BCUT2D eigenvalue weighted by Crippen LogP contribution is 2.33. The maximum absolute atomic E-state index is 5.60. The van der Waals surface area contributed by atoms with Gasteiger partial charge in [0, 0.05) is 17.1 Å². The second kappa shape index (κ2) is 5.85. The summed E-state index contributed by atoms with van der Waals surface area (Å²) >= 11 is 7.21. The number of benzene rings is 2. The molecule has 0 aliphatic carbocycles. The normalized spacial score (nSPS) is 13.2. The third-order valence-electron chi connectivity index (χ3n) is 3.35. The summed E-state index contributed by atoms with van der Waals surface area (Å²) in [5, 5.41) is 0. The average molecular weight is 301 g/mol. The van der Waals surface area contributed by atoms with Gasteiger partial charge in [-0.25, -0.2) is 0 Å². The van der Waals surface area contributed by atoms with E-state index in [9.17, 15) is 0 Å². The van der Waals surface area contributed by atoms with Crippen LogP contribution in [0.3, 0.4) is 0 Å². The Labute approximate surface area is 128 Å². The minimum atomic E-state index is 0.861. The molecule has 0 saturated carbocycles. The first-order valence-electron chi connectivity index (χ1n) is 6.49. The number of ether oxygens (including phenoxy) is 1. The molecule has 102 valence electrons. The second-order valence-corrected chi connectivity index (χ2v) is 6.28. The summed E-state index contributed by atoms with van der Waals surface area (Å²) in [6.07, 6.45) is 1.06. The van der Waals surface area contributed by atoms with Gasteiger partial charge in [-0.3, -0.25) is 0 Å². The molecule has 0 radical (unpaired) electrons. The van der Waals surface area contributed by atoms with E-state index in [-0.39, 0.29) is 0 Å². The fourth-order valence-corrected chi connectivity index (χ4v) is 3.65. The SMILES string of the molecule is COc1cccc(SC(=S)N2CCc3ccccc32)c1. The Morgan fingerprint density at radius 2 is 2.05 bits per heavy atom. The van der Waals surface area contributed by atoms with Gasteiger partial charge in [0.1, 0.15) is 10.1 Å². The van der Waals surface area contributed by atoms with Crippen molar-refractivity contribution >= 4 is 34.0 Å². The van der Waals surface area contributed by atoms with Gasteiger partial charge >= 0.3 is 0 Å². The zero-order chi connectivity index (χ0) is 13.9. The first kappa shape index (κ1) is 13.5. The molecule has 0 saturated heterocycles. The average Bonchev–Trinajstić information content (AvgIpc) is 2.91. The smallest absolute Gasteiger partial charge is 0.145 e. The lowest BCUT2D eigenvalue weighted by Crippen LogP contribution is -2.24. The number of thiocarbonyl (C=S) groups is 1. The molecule has 4 heteroatoms. The number of hydrogen-bond acceptors (Lipinski definition) is 3. The number of para-hydroxylation sites is 1. The quantitative estimate of drug-likeness (QED) is 0.610. The Hall–Kier alpha value is -1.52. The van der Waals surface area contributed by atoms with Crippen LogP contribution in [-0.4, -0.2) is 18.0 Å². The fourth-order valence-electron chi connectivity index (χ4n) is 2.35. The maximum Gasteiger partial charge on any atom is 0.145 e. The highest BCUT2D eigenvalue weighted by molar-refractivity contribution is 8.23. The van der Waals surface area contributed by atoms with Gasteiger partial charge in [0.25, 0.3) is 0 Å². The molecule has 0 bridgehead atoms. The van der Waals surface area contributed by atoms with Gasteiger partial charge in [0.15, 0.2) is 0 Å². The molecule has 0 fully saturated rings. The molecule has 0 aromatic heterocycles. The first-order valence-corrected chi connectivity index (χ1v) is 7.72. The number of fused-ring (bicyclic) bond motifs is 1. The monoisotopic (exact) mass is 301 g/mol. The van der Waals surface area contributed by atoms with Crippen molar-refractivity contribution in [3.63, 3.8) is 0 Å². The summed E-state index contributed by atoms with van der Waals surface area (Å²) in [5.41, 5.74) is 2.62. The number of nitrogens with zero attached hydrogens (tertiary/aromatic N) is 1. The van der Waals surface area contributed by atoms with Gasteiger partial charge in [0.2, 0.25) is 0 Å². The molecule has 2 aromatic rings. The van der Waals surface area contributed by atoms with Crippen molar-refractivity contribution in [2.45, 2.75) is 11.3 Å². The highest BCUT2D eigenvalue weighted by atomic mass is 32.2. The van der Waals surface area contributed by atoms with E-state index in [4.69, 9.17) is 17.0 Å². The summed E-state index contributed by atoms with van der Waals surface area (Å²) < 4.78 is 6.14. The van der Waals surface area contributed by atoms with E-state index in [0.29, 0.717) is 0 Å².